The summed E-state index contributed by atoms with van der Waals surface area (Å²) in [5.41, 5.74) is 1.73. The third-order valence-electron chi connectivity index (χ3n) is 5.46. The standard InChI is InChI=1S/C22H27N3OS/c1-16-8-10-18(11-9-16)20(19-7-6-14-27-19)24-17(2)21(26)25-22(15-23)12-4-3-5-13-22/h6-11,14,17,20,24H,3-5,12-13H2,1-2H3,(H,25,26)/p+1/t17-,20-/m1/s1. The van der Waals surface area contributed by atoms with Crippen molar-refractivity contribution < 1.29 is 10.1 Å². The number of nitriles is 1. The molecule has 3 N–H and O–H groups in total. The molecular weight excluding hydrogens is 354 g/mol. The predicted molar refractivity (Wildman–Crippen MR) is 108 cm³/mol. The lowest BCUT2D eigenvalue weighted by atomic mass is 9.82. The number of quaternary nitrogens is 1. The van der Waals surface area contributed by atoms with Gasteiger partial charge in [0.2, 0.25) is 0 Å². The molecule has 0 aliphatic heterocycles. The number of hydrogen-bond acceptors (Lipinski definition) is 3. The minimum atomic E-state index is -0.681. The molecule has 1 aromatic heterocycles. The van der Waals surface area contributed by atoms with Gasteiger partial charge in [-0.2, -0.15) is 5.26 Å². The highest BCUT2D eigenvalue weighted by atomic mass is 32.1. The highest BCUT2D eigenvalue weighted by Crippen LogP contribution is 2.28. The largest absolute Gasteiger partial charge is 0.333 e. The van der Waals surface area contributed by atoms with Gasteiger partial charge in [-0.1, -0.05) is 55.2 Å². The summed E-state index contributed by atoms with van der Waals surface area (Å²) in [7, 11) is 0. The first-order valence-electron chi connectivity index (χ1n) is 9.71. The van der Waals surface area contributed by atoms with Gasteiger partial charge in [0.05, 0.1) is 10.9 Å². The van der Waals surface area contributed by atoms with Gasteiger partial charge in [-0.15, -0.1) is 11.3 Å². The van der Waals surface area contributed by atoms with Crippen molar-refractivity contribution >= 4 is 17.2 Å². The molecule has 142 valence electrons. The Morgan fingerprint density at radius 1 is 1.22 bits per heavy atom. The van der Waals surface area contributed by atoms with Gasteiger partial charge in [0, 0.05) is 5.56 Å². The summed E-state index contributed by atoms with van der Waals surface area (Å²) >= 11 is 1.71. The van der Waals surface area contributed by atoms with Gasteiger partial charge in [-0.3, -0.25) is 4.79 Å². The molecule has 3 rings (SSSR count). The van der Waals surface area contributed by atoms with Crippen molar-refractivity contribution in [2.24, 2.45) is 0 Å². The molecule has 4 nitrogen and oxygen atoms in total. The van der Waals surface area contributed by atoms with Crippen LogP contribution in [0.25, 0.3) is 0 Å². The van der Waals surface area contributed by atoms with E-state index in [1.807, 2.05) is 13.0 Å². The molecule has 5 heteroatoms. The van der Waals surface area contributed by atoms with Crippen LogP contribution in [0.15, 0.2) is 41.8 Å². The van der Waals surface area contributed by atoms with Crippen molar-refractivity contribution in [3.05, 3.63) is 57.8 Å². The van der Waals surface area contributed by atoms with Gasteiger partial charge >= 0.3 is 0 Å². The van der Waals surface area contributed by atoms with Crippen LogP contribution in [-0.4, -0.2) is 17.5 Å². The maximum absolute atomic E-state index is 12.9. The molecule has 27 heavy (non-hydrogen) atoms. The lowest BCUT2D eigenvalue weighted by Gasteiger charge is -2.32. The molecule has 2 atom stereocenters. The number of nitrogens with one attached hydrogen (secondary N) is 1. The molecule has 1 amide bonds. The average Bonchev–Trinajstić information content (AvgIpc) is 3.22. The van der Waals surface area contributed by atoms with Crippen LogP contribution in [0, 0.1) is 18.3 Å². The molecule has 0 bridgehead atoms. The Morgan fingerprint density at radius 2 is 1.93 bits per heavy atom. The lowest BCUT2D eigenvalue weighted by molar-refractivity contribution is -0.704. The van der Waals surface area contributed by atoms with Gasteiger partial charge in [-0.05, 0) is 38.1 Å². The monoisotopic (exact) mass is 382 g/mol. The van der Waals surface area contributed by atoms with Gasteiger partial charge < -0.3 is 10.6 Å². The Balaban J connectivity index is 1.74. The Kier molecular flexibility index (Phi) is 6.30. The Bertz CT molecular complexity index is 786. The molecule has 2 aromatic rings. The van der Waals surface area contributed by atoms with Crippen molar-refractivity contribution in [2.45, 2.75) is 63.6 Å². The summed E-state index contributed by atoms with van der Waals surface area (Å²) in [6.07, 6.45) is 4.68. The fourth-order valence-electron chi connectivity index (χ4n) is 3.76. The predicted octanol–water partition coefficient (Wildman–Crippen LogP) is 3.44. The minimum Gasteiger partial charge on any atom is -0.333 e. The highest BCUT2D eigenvalue weighted by Gasteiger charge is 2.36. The maximum atomic E-state index is 12.9. The van der Waals surface area contributed by atoms with Crippen LogP contribution < -0.4 is 10.6 Å². The van der Waals surface area contributed by atoms with Crippen molar-refractivity contribution in [2.75, 3.05) is 0 Å². The van der Waals surface area contributed by atoms with E-state index in [2.05, 4.69) is 59.3 Å². The second-order valence-corrected chi connectivity index (χ2v) is 8.61. The van der Waals surface area contributed by atoms with E-state index in [0.29, 0.717) is 0 Å². The van der Waals surface area contributed by atoms with Gasteiger partial charge in [0.25, 0.3) is 5.91 Å². The number of carbonyl (C=O) groups is 1. The molecule has 0 saturated heterocycles. The molecule has 1 aliphatic carbocycles. The topological polar surface area (TPSA) is 69.5 Å². The Morgan fingerprint density at radius 3 is 2.52 bits per heavy atom. The fraction of sp³-hybridized carbons (Fsp3) is 0.455. The van der Waals surface area contributed by atoms with E-state index < -0.39 is 5.54 Å². The number of benzene rings is 1. The number of thiophene rings is 1. The van der Waals surface area contributed by atoms with E-state index in [1.165, 1.54) is 16.0 Å². The summed E-state index contributed by atoms with van der Waals surface area (Å²) < 4.78 is 0. The SMILES string of the molecule is Cc1ccc([C@@H]([NH2+][C@H](C)C(=O)NC2(C#N)CCCCC2)c2cccs2)cc1. The number of carbonyl (C=O) groups excluding carboxylic acids is 1. The molecule has 1 saturated carbocycles. The van der Waals surface area contributed by atoms with Crippen molar-refractivity contribution in [3.8, 4) is 6.07 Å². The first-order chi connectivity index (χ1) is 13.0. The third-order valence-corrected chi connectivity index (χ3v) is 6.42. The quantitative estimate of drug-likeness (QED) is 0.803. The number of aryl methyl sites for hydroxylation is 1. The number of nitrogens with two attached hydrogens (primary N) is 1. The summed E-state index contributed by atoms with van der Waals surface area (Å²) in [6, 6.07) is 14.9. The average molecular weight is 383 g/mol. The van der Waals surface area contributed by atoms with E-state index in [-0.39, 0.29) is 18.0 Å². The summed E-state index contributed by atoms with van der Waals surface area (Å²) in [5.74, 6) is -0.0490. The molecule has 1 aromatic carbocycles. The van der Waals surface area contributed by atoms with Crippen LogP contribution in [0.3, 0.4) is 0 Å². The maximum Gasteiger partial charge on any atom is 0.279 e. The molecule has 0 unspecified atom stereocenters. The fourth-order valence-corrected chi connectivity index (χ4v) is 4.59. The van der Waals surface area contributed by atoms with E-state index >= 15 is 0 Å². The Hall–Kier alpha value is -2.16. The van der Waals surface area contributed by atoms with Gasteiger partial charge in [0.1, 0.15) is 11.6 Å². The normalized spacial score (nSPS) is 18.3. The Labute approximate surface area is 165 Å². The lowest BCUT2D eigenvalue weighted by Crippen LogP contribution is -2.93. The van der Waals surface area contributed by atoms with Crippen molar-refractivity contribution in [1.29, 1.82) is 5.26 Å². The molecular formula is C22H28N3OS+. The number of rotatable bonds is 6. The van der Waals surface area contributed by atoms with Crippen molar-refractivity contribution in [1.82, 2.24) is 5.32 Å². The molecule has 1 aliphatic rings. The highest BCUT2D eigenvalue weighted by molar-refractivity contribution is 7.10. The van der Waals surface area contributed by atoms with E-state index in [4.69, 9.17) is 0 Å². The minimum absolute atomic E-state index is 0.0490. The zero-order chi connectivity index (χ0) is 19.3. The van der Waals surface area contributed by atoms with E-state index in [9.17, 15) is 10.1 Å². The van der Waals surface area contributed by atoms with E-state index in [0.717, 1.165) is 32.1 Å². The van der Waals surface area contributed by atoms with Crippen LogP contribution in [-0.2, 0) is 4.79 Å². The van der Waals surface area contributed by atoms with Crippen LogP contribution >= 0.6 is 11.3 Å². The summed E-state index contributed by atoms with van der Waals surface area (Å²) in [6.45, 7) is 4.01. The van der Waals surface area contributed by atoms with Crippen LogP contribution in [0.2, 0.25) is 0 Å². The second kappa shape index (κ2) is 8.69. The number of nitrogens with zero attached hydrogens (tertiary/aromatic N) is 1. The molecule has 0 spiro atoms. The van der Waals surface area contributed by atoms with Crippen LogP contribution in [0.5, 0.6) is 0 Å². The zero-order valence-electron chi connectivity index (χ0n) is 16.1. The zero-order valence-corrected chi connectivity index (χ0v) is 16.9. The van der Waals surface area contributed by atoms with Gasteiger partial charge in [-0.25, -0.2) is 0 Å². The molecule has 0 radical (unpaired) electrons. The van der Waals surface area contributed by atoms with E-state index in [1.54, 1.807) is 11.3 Å². The van der Waals surface area contributed by atoms with Crippen molar-refractivity contribution in [3.63, 3.8) is 0 Å². The first kappa shape index (κ1) is 19.6. The summed E-state index contributed by atoms with van der Waals surface area (Å²) in [5, 5.41) is 16.9. The molecule has 1 fully saturated rings. The first-order valence-corrected chi connectivity index (χ1v) is 10.6. The third kappa shape index (κ3) is 4.77. The number of amides is 1. The molecule has 1 heterocycles. The number of hydrogen-bond donors (Lipinski definition) is 2. The van der Waals surface area contributed by atoms with Gasteiger partial charge in [0.15, 0.2) is 6.04 Å². The second-order valence-electron chi connectivity index (χ2n) is 7.63. The summed E-state index contributed by atoms with van der Waals surface area (Å²) in [4.78, 5) is 14.1. The van der Waals surface area contributed by atoms with Crippen LogP contribution in [0.1, 0.15) is 61.1 Å². The van der Waals surface area contributed by atoms with Crippen LogP contribution in [0.4, 0.5) is 0 Å². The smallest absolute Gasteiger partial charge is 0.279 e.